The zero-order valence-electron chi connectivity index (χ0n) is 9.11. The van der Waals surface area contributed by atoms with Crippen LogP contribution >= 0.6 is 0 Å². The molecule has 0 fully saturated rings. The number of rotatable bonds is 4. The molecule has 0 aliphatic carbocycles. The van der Waals surface area contributed by atoms with Crippen molar-refractivity contribution in [1.82, 2.24) is 0 Å². The lowest BCUT2D eigenvalue weighted by atomic mass is 10.2. The maximum Gasteiger partial charge on any atom is 0.374 e. The molecule has 1 heterocycles. The van der Waals surface area contributed by atoms with E-state index in [1.54, 1.807) is 24.3 Å². The van der Waals surface area contributed by atoms with Gasteiger partial charge in [0.25, 0.3) is 0 Å². The van der Waals surface area contributed by atoms with Gasteiger partial charge < -0.3 is 14.9 Å². The van der Waals surface area contributed by atoms with Crippen molar-refractivity contribution >= 4 is 22.6 Å². The monoisotopic (exact) mass is 237 g/mol. The quantitative estimate of drug-likeness (QED) is 0.504. The molecule has 5 heteroatoms. The SMILES string of the molecule is Nc1ccc2oc(C(=O)OCCCF)cc2c1. The Kier molecular flexibility index (Phi) is 3.27. The average molecular weight is 237 g/mol. The second-order valence-corrected chi connectivity index (χ2v) is 3.59. The maximum atomic E-state index is 11.8. The van der Waals surface area contributed by atoms with Gasteiger partial charge in [-0.05, 0) is 24.3 Å². The molecule has 1 aromatic carbocycles. The first-order chi connectivity index (χ1) is 8.20. The van der Waals surface area contributed by atoms with Gasteiger partial charge in [-0.2, -0.15) is 0 Å². The Morgan fingerprint density at radius 1 is 1.41 bits per heavy atom. The van der Waals surface area contributed by atoms with Gasteiger partial charge in [-0.25, -0.2) is 4.79 Å². The molecule has 0 bridgehead atoms. The number of furan rings is 1. The van der Waals surface area contributed by atoms with Crippen LogP contribution in [0.5, 0.6) is 0 Å². The van der Waals surface area contributed by atoms with Crippen LogP contribution < -0.4 is 5.73 Å². The van der Waals surface area contributed by atoms with Gasteiger partial charge >= 0.3 is 5.97 Å². The van der Waals surface area contributed by atoms with Crippen LogP contribution in [-0.4, -0.2) is 19.3 Å². The van der Waals surface area contributed by atoms with Crippen LogP contribution in [0.3, 0.4) is 0 Å². The first-order valence-corrected chi connectivity index (χ1v) is 5.23. The minimum absolute atomic E-state index is 0.0501. The minimum atomic E-state index is -0.590. The van der Waals surface area contributed by atoms with Crippen molar-refractivity contribution in [3.8, 4) is 0 Å². The van der Waals surface area contributed by atoms with E-state index < -0.39 is 12.6 Å². The van der Waals surface area contributed by atoms with Crippen LogP contribution in [0.1, 0.15) is 17.0 Å². The zero-order chi connectivity index (χ0) is 12.3. The van der Waals surface area contributed by atoms with E-state index in [9.17, 15) is 9.18 Å². The number of benzene rings is 1. The van der Waals surface area contributed by atoms with Crippen LogP contribution in [0.25, 0.3) is 11.0 Å². The minimum Gasteiger partial charge on any atom is -0.460 e. The predicted octanol–water partition coefficient (Wildman–Crippen LogP) is 2.53. The smallest absolute Gasteiger partial charge is 0.374 e. The van der Waals surface area contributed by atoms with Crippen molar-refractivity contribution < 1.29 is 18.3 Å². The molecule has 0 atom stereocenters. The Bertz CT molecular complexity index is 536. The molecular weight excluding hydrogens is 225 g/mol. The first-order valence-electron chi connectivity index (χ1n) is 5.23. The highest BCUT2D eigenvalue weighted by Gasteiger charge is 2.13. The van der Waals surface area contributed by atoms with Crippen molar-refractivity contribution in [3.63, 3.8) is 0 Å². The molecule has 0 radical (unpaired) electrons. The van der Waals surface area contributed by atoms with Crippen LogP contribution in [0.4, 0.5) is 10.1 Å². The molecule has 0 amide bonds. The van der Waals surface area contributed by atoms with E-state index in [-0.39, 0.29) is 18.8 Å². The van der Waals surface area contributed by atoms with Crippen LogP contribution in [-0.2, 0) is 4.74 Å². The van der Waals surface area contributed by atoms with Gasteiger partial charge in [-0.1, -0.05) is 0 Å². The summed E-state index contributed by atoms with van der Waals surface area (Å²) < 4.78 is 21.9. The lowest BCUT2D eigenvalue weighted by Gasteiger charge is -1.99. The van der Waals surface area contributed by atoms with Crippen molar-refractivity contribution in [2.75, 3.05) is 19.0 Å². The number of alkyl halides is 1. The molecule has 0 aliphatic rings. The van der Waals surface area contributed by atoms with Crippen LogP contribution in [0.15, 0.2) is 28.7 Å². The maximum absolute atomic E-state index is 11.8. The Labute approximate surface area is 97.1 Å². The van der Waals surface area contributed by atoms with Gasteiger partial charge in [0, 0.05) is 17.5 Å². The third-order valence-corrected chi connectivity index (χ3v) is 2.25. The Balaban J connectivity index is 2.15. The molecule has 1 aromatic heterocycles. The van der Waals surface area contributed by atoms with E-state index in [1.807, 2.05) is 0 Å². The summed E-state index contributed by atoms with van der Waals surface area (Å²) in [6.07, 6.45) is 0.193. The van der Waals surface area contributed by atoms with Crippen LogP contribution in [0.2, 0.25) is 0 Å². The van der Waals surface area contributed by atoms with Crippen LogP contribution in [0, 0.1) is 0 Å². The van der Waals surface area contributed by atoms with Crippen molar-refractivity contribution in [2.24, 2.45) is 0 Å². The molecule has 4 nitrogen and oxygen atoms in total. The fourth-order valence-electron chi connectivity index (χ4n) is 1.45. The number of anilines is 1. The zero-order valence-corrected chi connectivity index (χ0v) is 9.11. The van der Waals surface area contributed by atoms with Gasteiger partial charge in [0.05, 0.1) is 13.3 Å². The molecular formula is C12H12FNO3. The number of hydrogen-bond acceptors (Lipinski definition) is 4. The highest BCUT2D eigenvalue weighted by molar-refractivity contribution is 5.93. The van der Waals surface area contributed by atoms with Gasteiger partial charge in [-0.15, -0.1) is 0 Å². The summed E-state index contributed by atoms with van der Waals surface area (Å²) in [7, 11) is 0. The average Bonchev–Trinajstić information content (AvgIpc) is 2.72. The highest BCUT2D eigenvalue weighted by Crippen LogP contribution is 2.22. The van der Waals surface area contributed by atoms with E-state index in [0.29, 0.717) is 11.3 Å². The second kappa shape index (κ2) is 4.86. The molecule has 0 saturated carbocycles. The molecule has 0 aliphatic heterocycles. The molecule has 2 rings (SSSR count). The summed E-state index contributed by atoms with van der Waals surface area (Å²) in [6, 6.07) is 6.63. The summed E-state index contributed by atoms with van der Waals surface area (Å²) in [5.74, 6) is -0.488. The number of ether oxygens (including phenoxy) is 1. The summed E-state index contributed by atoms with van der Waals surface area (Å²) in [5, 5.41) is 0.738. The Morgan fingerprint density at radius 3 is 3.00 bits per heavy atom. The van der Waals surface area contributed by atoms with Gasteiger partial charge in [-0.3, -0.25) is 4.39 Å². The fraction of sp³-hybridized carbons (Fsp3) is 0.250. The van der Waals surface area contributed by atoms with E-state index >= 15 is 0 Å². The highest BCUT2D eigenvalue weighted by atomic mass is 19.1. The summed E-state index contributed by atoms with van der Waals surface area (Å²) >= 11 is 0. The number of carbonyl (C=O) groups is 1. The largest absolute Gasteiger partial charge is 0.460 e. The Morgan fingerprint density at radius 2 is 2.24 bits per heavy atom. The number of hydrogen-bond donors (Lipinski definition) is 1. The normalized spacial score (nSPS) is 10.6. The standard InChI is InChI=1S/C12H12FNO3/c13-4-1-5-16-12(15)11-7-8-6-9(14)2-3-10(8)17-11/h2-3,6-7H,1,4-5,14H2. The predicted molar refractivity (Wildman–Crippen MR) is 61.5 cm³/mol. The number of halogens is 1. The second-order valence-electron chi connectivity index (χ2n) is 3.59. The van der Waals surface area contributed by atoms with Gasteiger partial charge in [0.1, 0.15) is 5.58 Å². The molecule has 2 aromatic rings. The van der Waals surface area contributed by atoms with E-state index in [0.717, 1.165) is 5.39 Å². The molecule has 0 unspecified atom stereocenters. The van der Waals surface area contributed by atoms with Crippen molar-refractivity contribution in [1.29, 1.82) is 0 Å². The van der Waals surface area contributed by atoms with Crippen molar-refractivity contribution in [2.45, 2.75) is 6.42 Å². The lowest BCUT2D eigenvalue weighted by molar-refractivity contribution is 0.0460. The van der Waals surface area contributed by atoms with E-state index in [2.05, 4.69) is 0 Å². The molecule has 90 valence electrons. The first kappa shape index (κ1) is 11.4. The molecule has 17 heavy (non-hydrogen) atoms. The third-order valence-electron chi connectivity index (χ3n) is 2.25. The Hall–Kier alpha value is -2.04. The molecule has 2 N–H and O–H groups in total. The molecule has 0 saturated heterocycles. The lowest BCUT2D eigenvalue weighted by Crippen LogP contribution is -2.05. The number of esters is 1. The number of nitrogens with two attached hydrogens (primary N) is 1. The number of fused-ring (bicyclic) bond motifs is 1. The van der Waals surface area contributed by atoms with Gasteiger partial charge in [0.15, 0.2) is 0 Å². The summed E-state index contributed by atoms with van der Waals surface area (Å²) in [6.45, 7) is -0.460. The summed E-state index contributed by atoms with van der Waals surface area (Å²) in [5.41, 5.74) is 6.77. The fourth-order valence-corrected chi connectivity index (χ4v) is 1.45. The van der Waals surface area contributed by atoms with E-state index in [1.165, 1.54) is 0 Å². The summed E-state index contributed by atoms with van der Waals surface area (Å²) in [4.78, 5) is 11.5. The van der Waals surface area contributed by atoms with E-state index in [4.69, 9.17) is 14.9 Å². The number of nitrogen functional groups attached to an aromatic ring is 1. The third kappa shape index (κ3) is 2.55. The molecule has 0 spiro atoms. The van der Waals surface area contributed by atoms with Gasteiger partial charge in [0.2, 0.25) is 5.76 Å². The van der Waals surface area contributed by atoms with Crippen molar-refractivity contribution in [3.05, 3.63) is 30.0 Å². The topological polar surface area (TPSA) is 65.5 Å². The number of carbonyl (C=O) groups excluding carboxylic acids is 1.